The minimum absolute atomic E-state index is 0.143. The third-order valence-electron chi connectivity index (χ3n) is 11.4. The number of carboxylic acids is 1. The van der Waals surface area contributed by atoms with Gasteiger partial charge in [-0.3, -0.25) is 14.4 Å². The third kappa shape index (κ3) is 13.6. The fraction of sp³-hybridized carbons (Fsp3) is 0.895. The maximum Gasteiger partial charge on any atom is 0.364 e. The monoisotopic (exact) mass is 979 g/mol. The number of nitrogens with one attached hydrogen (secondary N) is 3. The Hall–Kier alpha value is -2.53. The molecular formula is C38H65N3O24S. The standard InChI is InChI=1S/C38H65N3O24S/c1-14-24(50)27(53)28(54)35(59-14)62-30-20(13-44)61-34(58-8-5-7-39-21(49)6-4-9-66)23(41-16(3)46)32(30)63-36-29(55)33(26(52)19(12-43)60-36)65-38(37(56)57)10-17(47)22(40-15(2)45)31(64-38)25(51)18(48)11-42/h14,17-20,22-36,42-44,47-48,50-55,66H,4-13H2,1-3H3,(H,39,49)(H,40,45)(H,41,46)(H,56,57)/t14-,17-,18+,19+,20+,22+,23+,24+,25+,26-,27+,28-,29+,30+,31+,32+,33-,34+,35-,36-,38-/m0/s1. The van der Waals surface area contributed by atoms with Crippen LogP contribution in [0.3, 0.4) is 0 Å². The number of rotatable bonds is 22. The normalized spacial score (nSPS) is 40.5. The van der Waals surface area contributed by atoms with Gasteiger partial charge in [0.15, 0.2) is 18.9 Å². The molecule has 4 heterocycles. The molecule has 0 radical (unpaired) electrons. The second-order valence-corrected chi connectivity index (χ2v) is 16.9. The number of carboxylic acid groups (broad SMARTS) is 1. The number of aliphatic hydroxyl groups is 11. The summed E-state index contributed by atoms with van der Waals surface area (Å²) in [7, 11) is 0. The second-order valence-electron chi connectivity index (χ2n) is 16.4. The number of aliphatic hydroxyl groups excluding tert-OH is 11. The van der Waals surface area contributed by atoms with Gasteiger partial charge in [-0.1, -0.05) is 0 Å². The Morgan fingerprint density at radius 2 is 1.36 bits per heavy atom. The minimum Gasteiger partial charge on any atom is -0.477 e. The first-order valence-electron chi connectivity index (χ1n) is 21.3. The van der Waals surface area contributed by atoms with Crippen LogP contribution in [0.5, 0.6) is 0 Å². The molecule has 4 saturated heterocycles. The Bertz CT molecular complexity index is 1580. The average Bonchev–Trinajstić information content (AvgIpc) is 3.27. The van der Waals surface area contributed by atoms with Gasteiger partial charge in [0.25, 0.3) is 5.79 Å². The fourth-order valence-corrected chi connectivity index (χ4v) is 8.10. The smallest absolute Gasteiger partial charge is 0.364 e. The lowest BCUT2D eigenvalue weighted by Gasteiger charge is -2.51. The molecule has 0 spiro atoms. The number of carbonyl (C=O) groups excluding carboxylic acids is 3. The summed E-state index contributed by atoms with van der Waals surface area (Å²) in [6, 6.07) is -3.15. The van der Waals surface area contributed by atoms with Crippen LogP contribution in [0.15, 0.2) is 0 Å². The zero-order valence-electron chi connectivity index (χ0n) is 36.3. The molecule has 4 aliphatic rings. The number of hydrogen-bond donors (Lipinski definition) is 16. The van der Waals surface area contributed by atoms with Crippen molar-refractivity contribution in [3.05, 3.63) is 0 Å². The van der Waals surface area contributed by atoms with Crippen molar-refractivity contribution in [1.29, 1.82) is 0 Å². The van der Waals surface area contributed by atoms with Crippen LogP contribution in [0.4, 0.5) is 0 Å². The summed E-state index contributed by atoms with van der Waals surface area (Å²) in [5, 5.41) is 136. The molecule has 15 N–H and O–H groups in total. The van der Waals surface area contributed by atoms with Crippen LogP contribution >= 0.6 is 12.6 Å². The van der Waals surface area contributed by atoms with Gasteiger partial charge in [-0.2, -0.15) is 12.6 Å². The lowest BCUT2D eigenvalue weighted by atomic mass is 9.88. The number of aliphatic carboxylic acids is 1. The van der Waals surface area contributed by atoms with Gasteiger partial charge in [-0.15, -0.1) is 0 Å². The Kier molecular flexibility index (Phi) is 21.5. The average molecular weight is 980 g/mol. The molecule has 382 valence electrons. The first-order valence-corrected chi connectivity index (χ1v) is 21.9. The summed E-state index contributed by atoms with van der Waals surface area (Å²) in [6.07, 6.45) is -33.8. The van der Waals surface area contributed by atoms with Gasteiger partial charge in [0.1, 0.15) is 85.4 Å². The Morgan fingerprint density at radius 3 is 1.95 bits per heavy atom. The van der Waals surface area contributed by atoms with Gasteiger partial charge in [0.2, 0.25) is 17.7 Å². The number of amides is 3. The molecule has 3 amide bonds. The summed E-state index contributed by atoms with van der Waals surface area (Å²) >= 11 is 4.09. The first-order chi connectivity index (χ1) is 31.1. The van der Waals surface area contributed by atoms with Crippen LogP contribution in [0.25, 0.3) is 0 Å². The lowest BCUT2D eigenvalue weighted by molar-refractivity contribution is -0.390. The van der Waals surface area contributed by atoms with E-state index in [0.717, 1.165) is 13.8 Å². The molecule has 0 aromatic rings. The number of thiol groups is 1. The van der Waals surface area contributed by atoms with Crippen molar-refractivity contribution in [2.24, 2.45) is 0 Å². The quantitative estimate of drug-likeness (QED) is 0.0354. The van der Waals surface area contributed by atoms with Gasteiger partial charge >= 0.3 is 5.97 Å². The van der Waals surface area contributed by atoms with Crippen molar-refractivity contribution in [2.45, 2.75) is 175 Å². The highest BCUT2D eigenvalue weighted by molar-refractivity contribution is 7.80. The number of ether oxygens (including phenoxy) is 8. The largest absolute Gasteiger partial charge is 0.477 e. The Balaban J connectivity index is 1.73. The Morgan fingerprint density at radius 1 is 0.758 bits per heavy atom. The van der Waals surface area contributed by atoms with Gasteiger partial charge in [0, 0.05) is 33.2 Å². The zero-order valence-corrected chi connectivity index (χ0v) is 37.2. The van der Waals surface area contributed by atoms with Gasteiger partial charge in [0.05, 0.1) is 44.7 Å². The second kappa shape index (κ2) is 25.4. The van der Waals surface area contributed by atoms with E-state index < -0.39 is 172 Å². The molecule has 0 aromatic heterocycles. The van der Waals surface area contributed by atoms with Gasteiger partial charge in [-0.05, 0) is 25.5 Å². The summed E-state index contributed by atoms with van der Waals surface area (Å²) in [6.45, 7) is 0.390. The molecule has 28 heteroatoms. The van der Waals surface area contributed by atoms with E-state index in [2.05, 4.69) is 28.6 Å². The van der Waals surface area contributed by atoms with Crippen LogP contribution in [-0.4, -0.2) is 252 Å². The van der Waals surface area contributed by atoms with Crippen LogP contribution in [0.2, 0.25) is 0 Å². The maximum atomic E-state index is 13.1. The van der Waals surface area contributed by atoms with Crippen LogP contribution < -0.4 is 16.0 Å². The summed E-state index contributed by atoms with van der Waals surface area (Å²) < 4.78 is 47.2. The predicted octanol–water partition coefficient (Wildman–Crippen LogP) is -7.99. The van der Waals surface area contributed by atoms with Crippen LogP contribution in [0, 0.1) is 0 Å². The SMILES string of the molecule is CC(=O)N[C@H]1[C@H](OCCCNC(=O)CCCS)O[C@H](CO)[C@@H](O[C@@H]2O[C@@H](C)[C@@H](O)[C@@H](O)[C@@H]2O)[C@@H]1O[C@@H]1O[C@H](CO)[C@H](O)[C@H](O[C@]2(C(=O)O)C[C@H](O)[C@@H](NC(C)=O)[C@H]([C@H](O)[C@H](O)CO)O2)[C@H]1O. The van der Waals surface area contributed by atoms with Gasteiger partial charge in [-0.25, -0.2) is 4.79 Å². The number of carbonyl (C=O) groups is 4. The highest BCUT2D eigenvalue weighted by Crippen LogP contribution is 2.39. The molecule has 66 heavy (non-hydrogen) atoms. The van der Waals surface area contributed by atoms with E-state index in [1.54, 1.807) is 0 Å². The zero-order chi connectivity index (χ0) is 49.2. The summed E-state index contributed by atoms with van der Waals surface area (Å²) in [4.78, 5) is 50.0. The molecule has 0 unspecified atom stereocenters. The molecule has 27 nitrogen and oxygen atoms in total. The lowest BCUT2D eigenvalue weighted by Crippen LogP contribution is -2.71. The van der Waals surface area contributed by atoms with E-state index in [9.17, 15) is 80.5 Å². The number of hydrogen-bond acceptors (Lipinski definition) is 24. The van der Waals surface area contributed by atoms with Crippen molar-refractivity contribution in [3.8, 4) is 0 Å². The van der Waals surface area contributed by atoms with Crippen LogP contribution in [0.1, 0.15) is 46.5 Å². The molecule has 0 aromatic carbocycles. The predicted molar refractivity (Wildman–Crippen MR) is 217 cm³/mol. The van der Waals surface area contributed by atoms with Crippen molar-refractivity contribution < 1.29 is 118 Å². The molecule has 21 atom stereocenters. The van der Waals surface area contributed by atoms with E-state index in [1.165, 1.54) is 6.92 Å². The van der Waals surface area contributed by atoms with Crippen molar-refractivity contribution in [3.63, 3.8) is 0 Å². The third-order valence-corrected chi connectivity index (χ3v) is 11.7. The summed E-state index contributed by atoms with van der Waals surface area (Å²) in [5.41, 5.74) is 0. The summed E-state index contributed by atoms with van der Waals surface area (Å²) in [5.74, 6) is -6.44. The van der Waals surface area contributed by atoms with E-state index in [0.29, 0.717) is 12.2 Å². The van der Waals surface area contributed by atoms with Crippen molar-refractivity contribution in [1.82, 2.24) is 16.0 Å². The highest BCUT2D eigenvalue weighted by atomic mass is 32.1. The first kappa shape index (κ1) is 56.1. The fourth-order valence-electron chi connectivity index (χ4n) is 7.94. The molecule has 0 saturated carbocycles. The van der Waals surface area contributed by atoms with Crippen LogP contribution in [-0.2, 0) is 57.1 Å². The molecule has 0 aliphatic carbocycles. The molecule has 4 aliphatic heterocycles. The van der Waals surface area contributed by atoms with Gasteiger partial charge < -0.3 is 115 Å². The molecular weight excluding hydrogens is 914 g/mol. The topological polar surface area (TPSA) is 421 Å². The van der Waals surface area contributed by atoms with Crippen molar-refractivity contribution in [2.75, 3.05) is 38.7 Å². The van der Waals surface area contributed by atoms with E-state index in [1.807, 2.05) is 0 Å². The van der Waals surface area contributed by atoms with Crippen molar-refractivity contribution >= 4 is 36.3 Å². The van der Waals surface area contributed by atoms with E-state index in [4.69, 9.17) is 37.9 Å². The Labute approximate surface area is 383 Å². The molecule has 4 fully saturated rings. The minimum atomic E-state index is -3.14. The highest BCUT2D eigenvalue weighted by Gasteiger charge is 2.61. The van der Waals surface area contributed by atoms with E-state index >= 15 is 0 Å². The molecule has 0 bridgehead atoms. The maximum absolute atomic E-state index is 13.1. The van der Waals surface area contributed by atoms with E-state index in [-0.39, 0.29) is 31.9 Å². The molecule has 4 rings (SSSR count).